The quantitative estimate of drug-likeness (QED) is 0.574. The van der Waals surface area contributed by atoms with Gasteiger partial charge in [-0.2, -0.15) is 0 Å². The fourth-order valence-corrected chi connectivity index (χ4v) is 4.46. The lowest BCUT2D eigenvalue weighted by Gasteiger charge is -2.09. The summed E-state index contributed by atoms with van der Waals surface area (Å²) in [6.45, 7) is 4.85. The Kier molecular flexibility index (Phi) is 5.81. The molecule has 146 valence electrons. The Morgan fingerprint density at radius 2 is 1.79 bits per heavy atom. The molecular weight excluding hydrogens is 376 g/mol. The Morgan fingerprint density at radius 3 is 2.59 bits per heavy atom. The lowest BCUT2D eigenvalue weighted by atomic mass is 10.0. The van der Waals surface area contributed by atoms with Crippen LogP contribution in [0.3, 0.4) is 0 Å². The van der Waals surface area contributed by atoms with Gasteiger partial charge in [0.15, 0.2) is 0 Å². The molecular formula is C25H24N2OS. The lowest BCUT2D eigenvalue weighted by molar-refractivity contribution is 0.0954. The van der Waals surface area contributed by atoms with E-state index in [2.05, 4.69) is 49.5 Å². The second kappa shape index (κ2) is 8.66. The molecule has 1 N–H and O–H groups in total. The fraction of sp³-hybridized carbons (Fsp3) is 0.200. The van der Waals surface area contributed by atoms with Gasteiger partial charge in [-0.05, 0) is 55.7 Å². The third-order valence-corrected chi connectivity index (χ3v) is 6.16. The van der Waals surface area contributed by atoms with Crippen LogP contribution in [0.4, 0.5) is 5.69 Å². The fourth-order valence-electron chi connectivity index (χ4n) is 3.45. The third-order valence-electron chi connectivity index (χ3n) is 5.02. The Hall–Kier alpha value is -2.85. The van der Waals surface area contributed by atoms with Crippen LogP contribution in [0, 0.1) is 6.92 Å². The van der Waals surface area contributed by atoms with Crippen molar-refractivity contribution in [3.63, 3.8) is 0 Å². The first-order valence-corrected chi connectivity index (χ1v) is 10.8. The Labute approximate surface area is 176 Å². The number of nitrogens with zero attached hydrogens (tertiary/aromatic N) is 1. The number of carbonyl (C=O) groups excluding carboxylic acids is 1. The maximum Gasteiger partial charge on any atom is 0.251 e. The molecule has 0 spiro atoms. The number of benzene rings is 3. The number of aryl methyl sites for hydroxylation is 1. The monoisotopic (exact) mass is 400 g/mol. The molecule has 0 aliphatic carbocycles. The number of hydrogen-bond donors (Lipinski definition) is 1. The molecule has 0 atom stereocenters. The van der Waals surface area contributed by atoms with E-state index in [1.807, 2.05) is 36.4 Å². The van der Waals surface area contributed by atoms with Crippen LogP contribution in [-0.4, -0.2) is 18.2 Å². The molecule has 1 amide bonds. The number of aliphatic imine (C=N–C) groups is 1. The molecule has 0 aromatic heterocycles. The second-order valence-corrected chi connectivity index (χ2v) is 8.27. The van der Waals surface area contributed by atoms with Gasteiger partial charge >= 0.3 is 0 Å². The summed E-state index contributed by atoms with van der Waals surface area (Å²) in [6.07, 6.45) is 1.67. The average Bonchev–Trinajstić information content (AvgIpc) is 2.90. The standard InChI is InChI=1S/C25H24N2OS/c1-3-21-20-15-17(2)9-11-23(20)29-24-12-10-19(16-22(24)27-21)25(28)26-14-13-18-7-5-4-6-8-18/h4-12,15-16H,3,13-14H2,1-2H3,(H,26,28). The molecule has 0 unspecified atom stereocenters. The topological polar surface area (TPSA) is 41.5 Å². The molecule has 1 heterocycles. The van der Waals surface area contributed by atoms with Gasteiger partial charge in [-0.1, -0.05) is 60.6 Å². The van der Waals surface area contributed by atoms with Crippen LogP contribution in [0.15, 0.2) is 81.5 Å². The van der Waals surface area contributed by atoms with Gasteiger partial charge in [-0.15, -0.1) is 0 Å². The van der Waals surface area contributed by atoms with Crippen molar-refractivity contribution < 1.29 is 4.79 Å². The minimum Gasteiger partial charge on any atom is -0.352 e. The van der Waals surface area contributed by atoms with Crippen molar-refractivity contribution in [2.45, 2.75) is 36.5 Å². The zero-order valence-electron chi connectivity index (χ0n) is 16.7. The molecule has 3 aromatic rings. The summed E-state index contributed by atoms with van der Waals surface area (Å²) in [5.41, 5.74) is 6.24. The molecule has 1 aliphatic heterocycles. The van der Waals surface area contributed by atoms with Gasteiger partial charge in [0.25, 0.3) is 5.91 Å². The number of amides is 1. The second-order valence-electron chi connectivity index (χ2n) is 7.19. The van der Waals surface area contributed by atoms with E-state index >= 15 is 0 Å². The number of fused-ring (bicyclic) bond motifs is 2. The third kappa shape index (κ3) is 4.43. The van der Waals surface area contributed by atoms with Gasteiger partial charge in [0.2, 0.25) is 0 Å². The summed E-state index contributed by atoms with van der Waals surface area (Å²) in [5, 5.41) is 3.03. The van der Waals surface area contributed by atoms with Crippen molar-refractivity contribution in [2.24, 2.45) is 4.99 Å². The molecule has 0 fully saturated rings. The molecule has 29 heavy (non-hydrogen) atoms. The minimum atomic E-state index is -0.0559. The van der Waals surface area contributed by atoms with E-state index in [1.54, 1.807) is 11.8 Å². The number of nitrogens with one attached hydrogen (secondary N) is 1. The van der Waals surface area contributed by atoms with Crippen molar-refractivity contribution in [3.8, 4) is 0 Å². The van der Waals surface area contributed by atoms with Gasteiger partial charge in [-0.25, -0.2) is 0 Å². The predicted octanol–water partition coefficient (Wildman–Crippen LogP) is 5.96. The molecule has 0 bridgehead atoms. The molecule has 4 heteroatoms. The average molecular weight is 401 g/mol. The van der Waals surface area contributed by atoms with Crippen LogP contribution in [-0.2, 0) is 6.42 Å². The molecule has 3 nitrogen and oxygen atoms in total. The molecule has 0 radical (unpaired) electrons. The predicted molar refractivity (Wildman–Crippen MR) is 121 cm³/mol. The first-order chi connectivity index (χ1) is 14.1. The SMILES string of the molecule is CCC1=Nc2cc(C(=O)NCCc3ccccc3)ccc2Sc2ccc(C)cc21. The van der Waals surface area contributed by atoms with E-state index in [1.165, 1.54) is 21.6 Å². The normalized spacial score (nSPS) is 12.4. The Morgan fingerprint density at radius 1 is 1.00 bits per heavy atom. The number of hydrogen-bond acceptors (Lipinski definition) is 3. The molecule has 4 rings (SSSR count). The highest BCUT2D eigenvalue weighted by Gasteiger charge is 2.18. The van der Waals surface area contributed by atoms with Crippen LogP contribution in [0.2, 0.25) is 0 Å². The van der Waals surface area contributed by atoms with Crippen LogP contribution in [0.1, 0.15) is 40.4 Å². The number of rotatable bonds is 5. The van der Waals surface area contributed by atoms with Crippen molar-refractivity contribution in [3.05, 3.63) is 89.0 Å². The van der Waals surface area contributed by atoms with Crippen molar-refractivity contribution in [1.82, 2.24) is 5.32 Å². The van der Waals surface area contributed by atoms with E-state index in [0.717, 1.165) is 29.1 Å². The maximum absolute atomic E-state index is 12.7. The summed E-state index contributed by atoms with van der Waals surface area (Å²) in [7, 11) is 0. The summed E-state index contributed by atoms with van der Waals surface area (Å²) in [4.78, 5) is 19.9. The van der Waals surface area contributed by atoms with Gasteiger partial charge in [0, 0.05) is 33.2 Å². The van der Waals surface area contributed by atoms with Crippen LogP contribution in [0.25, 0.3) is 0 Å². The van der Waals surface area contributed by atoms with E-state index in [0.29, 0.717) is 12.1 Å². The number of carbonyl (C=O) groups is 1. The van der Waals surface area contributed by atoms with E-state index in [4.69, 9.17) is 4.99 Å². The smallest absolute Gasteiger partial charge is 0.251 e. The zero-order valence-corrected chi connectivity index (χ0v) is 17.6. The molecule has 1 aliphatic rings. The largest absolute Gasteiger partial charge is 0.352 e. The summed E-state index contributed by atoms with van der Waals surface area (Å²) in [6, 6.07) is 22.5. The summed E-state index contributed by atoms with van der Waals surface area (Å²) < 4.78 is 0. The highest BCUT2D eigenvalue weighted by molar-refractivity contribution is 7.99. The van der Waals surface area contributed by atoms with Gasteiger partial charge < -0.3 is 5.32 Å². The van der Waals surface area contributed by atoms with Crippen molar-refractivity contribution in [2.75, 3.05) is 6.54 Å². The molecule has 0 saturated carbocycles. The van der Waals surface area contributed by atoms with E-state index in [-0.39, 0.29) is 5.91 Å². The first kappa shape index (κ1) is 19.5. The maximum atomic E-state index is 12.7. The molecule has 3 aromatic carbocycles. The van der Waals surface area contributed by atoms with Gasteiger partial charge in [-0.3, -0.25) is 9.79 Å². The Balaban J connectivity index is 1.54. The van der Waals surface area contributed by atoms with Gasteiger partial charge in [0.05, 0.1) is 5.69 Å². The van der Waals surface area contributed by atoms with Crippen LogP contribution >= 0.6 is 11.8 Å². The van der Waals surface area contributed by atoms with E-state index in [9.17, 15) is 4.79 Å². The highest BCUT2D eigenvalue weighted by Crippen LogP contribution is 2.41. The highest BCUT2D eigenvalue weighted by atomic mass is 32.2. The Bertz CT molecular complexity index is 1070. The zero-order chi connectivity index (χ0) is 20.2. The summed E-state index contributed by atoms with van der Waals surface area (Å²) >= 11 is 1.72. The molecule has 0 saturated heterocycles. The minimum absolute atomic E-state index is 0.0559. The van der Waals surface area contributed by atoms with E-state index < -0.39 is 0 Å². The summed E-state index contributed by atoms with van der Waals surface area (Å²) in [5.74, 6) is -0.0559. The lowest BCUT2D eigenvalue weighted by Crippen LogP contribution is -2.25. The van der Waals surface area contributed by atoms with Crippen molar-refractivity contribution >= 4 is 29.1 Å². The van der Waals surface area contributed by atoms with Crippen molar-refractivity contribution in [1.29, 1.82) is 0 Å². The van der Waals surface area contributed by atoms with Crippen LogP contribution < -0.4 is 5.32 Å². The van der Waals surface area contributed by atoms with Crippen LogP contribution in [0.5, 0.6) is 0 Å². The van der Waals surface area contributed by atoms with Gasteiger partial charge in [0.1, 0.15) is 0 Å². The first-order valence-electron chi connectivity index (χ1n) is 9.96.